The average molecular weight is 272 g/mol. The van der Waals surface area contributed by atoms with E-state index in [0.29, 0.717) is 23.6 Å². The standard InChI is InChI=1S/C14H22ClNO2/c15-7-2-1-4-12(17)16-10-13-8-11(13)9-18-14(13)5-3-6-14/h11H,1-10H2,(H,16,17). The molecular weight excluding hydrogens is 250 g/mol. The van der Waals surface area contributed by atoms with Crippen LogP contribution >= 0.6 is 11.6 Å². The number of carbonyl (C=O) groups excluding carboxylic acids is 1. The van der Waals surface area contributed by atoms with Crippen LogP contribution in [0.15, 0.2) is 0 Å². The van der Waals surface area contributed by atoms with Gasteiger partial charge < -0.3 is 10.1 Å². The molecule has 0 aromatic heterocycles. The van der Waals surface area contributed by atoms with E-state index in [1.54, 1.807) is 0 Å². The molecule has 1 amide bonds. The Kier molecular flexibility index (Phi) is 3.31. The maximum atomic E-state index is 11.8. The SMILES string of the molecule is O=C(CCCCCl)NCC12CC1COC21CCC1. The summed E-state index contributed by atoms with van der Waals surface area (Å²) in [7, 11) is 0. The highest BCUT2D eigenvalue weighted by molar-refractivity contribution is 6.17. The number of carbonyl (C=O) groups is 1. The molecule has 18 heavy (non-hydrogen) atoms. The molecular formula is C14H22ClNO2. The minimum atomic E-state index is 0.140. The average Bonchev–Trinajstić information content (AvgIpc) is 2.93. The van der Waals surface area contributed by atoms with Gasteiger partial charge in [-0.15, -0.1) is 11.6 Å². The molecule has 1 heterocycles. The fourth-order valence-corrected chi connectivity index (χ4v) is 3.99. The predicted octanol–water partition coefficient (Wildman–Crippen LogP) is 2.47. The molecule has 0 aromatic carbocycles. The zero-order chi connectivity index (χ0) is 12.6. The summed E-state index contributed by atoms with van der Waals surface area (Å²) in [6.45, 7) is 1.75. The fourth-order valence-electron chi connectivity index (χ4n) is 3.80. The van der Waals surface area contributed by atoms with Gasteiger partial charge in [-0.1, -0.05) is 0 Å². The Balaban J connectivity index is 1.47. The third-order valence-electron chi connectivity index (χ3n) is 5.25. The van der Waals surface area contributed by atoms with Gasteiger partial charge in [0.1, 0.15) is 0 Å². The van der Waals surface area contributed by atoms with E-state index in [0.717, 1.165) is 26.0 Å². The molecule has 1 saturated heterocycles. The van der Waals surface area contributed by atoms with Crippen molar-refractivity contribution in [2.75, 3.05) is 19.0 Å². The second kappa shape index (κ2) is 4.68. The number of hydrogen-bond donors (Lipinski definition) is 1. The quantitative estimate of drug-likeness (QED) is 0.595. The summed E-state index contributed by atoms with van der Waals surface area (Å²) in [5, 5.41) is 3.13. The summed E-state index contributed by atoms with van der Waals surface area (Å²) in [5.74, 6) is 1.54. The first-order chi connectivity index (χ1) is 8.72. The number of hydrogen-bond acceptors (Lipinski definition) is 2. The van der Waals surface area contributed by atoms with E-state index in [1.807, 2.05) is 0 Å². The van der Waals surface area contributed by atoms with Crippen LogP contribution in [-0.2, 0) is 9.53 Å². The molecule has 2 aliphatic carbocycles. The van der Waals surface area contributed by atoms with E-state index in [1.165, 1.54) is 25.7 Å². The summed E-state index contributed by atoms with van der Waals surface area (Å²) in [6.07, 6.45) is 7.38. The number of fused-ring (bicyclic) bond motifs is 2. The molecule has 3 nitrogen and oxygen atoms in total. The van der Waals surface area contributed by atoms with Gasteiger partial charge in [-0.3, -0.25) is 4.79 Å². The summed E-state index contributed by atoms with van der Waals surface area (Å²) in [5.41, 5.74) is 0.439. The molecule has 3 fully saturated rings. The largest absolute Gasteiger partial charge is 0.374 e. The Hall–Kier alpha value is -0.280. The first-order valence-corrected chi connectivity index (χ1v) is 7.73. The molecule has 4 heteroatoms. The normalized spacial score (nSPS) is 35.1. The second-order valence-electron chi connectivity index (χ2n) is 6.14. The van der Waals surface area contributed by atoms with Crippen LogP contribution in [-0.4, -0.2) is 30.5 Å². The second-order valence-corrected chi connectivity index (χ2v) is 6.52. The molecule has 102 valence electrons. The lowest BCUT2D eigenvalue weighted by Crippen LogP contribution is -2.50. The van der Waals surface area contributed by atoms with Gasteiger partial charge in [0.15, 0.2) is 0 Å². The molecule has 3 rings (SSSR count). The first-order valence-electron chi connectivity index (χ1n) is 7.19. The van der Waals surface area contributed by atoms with E-state index in [9.17, 15) is 4.79 Å². The highest BCUT2D eigenvalue weighted by Gasteiger charge is 2.73. The number of amides is 1. The Bertz CT molecular complexity index is 343. The molecule has 3 aliphatic rings. The lowest BCUT2D eigenvalue weighted by atomic mass is 9.68. The van der Waals surface area contributed by atoms with Crippen molar-refractivity contribution in [1.82, 2.24) is 5.32 Å². The van der Waals surface area contributed by atoms with Gasteiger partial charge in [-0.05, 0) is 44.4 Å². The maximum absolute atomic E-state index is 11.8. The first kappa shape index (κ1) is 12.7. The highest BCUT2D eigenvalue weighted by atomic mass is 35.5. The van der Waals surface area contributed by atoms with Crippen molar-refractivity contribution in [3.8, 4) is 0 Å². The molecule has 2 unspecified atom stereocenters. The van der Waals surface area contributed by atoms with Crippen LogP contribution in [0.25, 0.3) is 0 Å². The van der Waals surface area contributed by atoms with Crippen molar-refractivity contribution in [2.24, 2.45) is 11.3 Å². The van der Waals surface area contributed by atoms with E-state index in [-0.39, 0.29) is 11.5 Å². The zero-order valence-corrected chi connectivity index (χ0v) is 11.6. The van der Waals surface area contributed by atoms with Crippen LogP contribution in [0.1, 0.15) is 44.9 Å². The van der Waals surface area contributed by atoms with Crippen molar-refractivity contribution in [3.05, 3.63) is 0 Å². The van der Waals surface area contributed by atoms with Crippen molar-refractivity contribution in [2.45, 2.75) is 50.5 Å². The monoisotopic (exact) mass is 271 g/mol. The van der Waals surface area contributed by atoms with Crippen molar-refractivity contribution in [3.63, 3.8) is 0 Å². The highest BCUT2D eigenvalue weighted by Crippen LogP contribution is 2.70. The van der Waals surface area contributed by atoms with Crippen LogP contribution < -0.4 is 5.32 Å². The Labute approximate surface area is 114 Å². The van der Waals surface area contributed by atoms with Crippen LogP contribution in [0.2, 0.25) is 0 Å². The molecule has 1 N–H and O–H groups in total. The Morgan fingerprint density at radius 3 is 2.83 bits per heavy atom. The summed E-state index contributed by atoms with van der Waals surface area (Å²) in [6, 6.07) is 0. The number of alkyl halides is 1. The molecule has 0 radical (unpaired) electrons. The maximum Gasteiger partial charge on any atom is 0.220 e. The van der Waals surface area contributed by atoms with Crippen molar-refractivity contribution < 1.29 is 9.53 Å². The van der Waals surface area contributed by atoms with Gasteiger partial charge in [0.05, 0.1) is 12.2 Å². The van der Waals surface area contributed by atoms with E-state index < -0.39 is 0 Å². The summed E-state index contributed by atoms with van der Waals surface area (Å²) < 4.78 is 6.00. The molecule has 0 bridgehead atoms. The lowest BCUT2D eigenvalue weighted by molar-refractivity contribution is -0.125. The van der Waals surface area contributed by atoms with Gasteiger partial charge in [-0.25, -0.2) is 0 Å². The third kappa shape index (κ3) is 1.87. The van der Waals surface area contributed by atoms with Crippen molar-refractivity contribution in [1.29, 1.82) is 0 Å². The number of unbranched alkanes of at least 4 members (excludes halogenated alkanes) is 1. The molecule has 2 atom stereocenters. The Morgan fingerprint density at radius 1 is 1.39 bits per heavy atom. The summed E-state index contributed by atoms with van der Waals surface area (Å²) >= 11 is 5.61. The van der Waals surface area contributed by atoms with E-state index >= 15 is 0 Å². The molecule has 0 aromatic rings. The molecule has 2 saturated carbocycles. The minimum Gasteiger partial charge on any atom is -0.374 e. The zero-order valence-electron chi connectivity index (χ0n) is 10.8. The van der Waals surface area contributed by atoms with Gasteiger partial charge in [0.2, 0.25) is 5.91 Å². The van der Waals surface area contributed by atoms with E-state index in [2.05, 4.69) is 5.32 Å². The molecule has 1 spiro atoms. The number of ether oxygens (including phenoxy) is 1. The van der Waals surface area contributed by atoms with Crippen LogP contribution in [0.5, 0.6) is 0 Å². The fraction of sp³-hybridized carbons (Fsp3) is 0.929. The van der Waals surface area contributed by atoms with Gasteiger partial charge in [-0.2, -0.15) is 0 Å². The van der Waals surface area contributed by atoms with Crippen LogP contribution in [0, 0.1) is 11.3 Å². The number of nitrogens with one attached hydrogen (secondary N) is 1. The third-order valence-corrected chi connectivity index (χ3v) is 5.52. The predicted molar refractivity (Wildman–Crippen MR) is 70.7 cm³/mol. The van der Waals surface area contributed by atoms with Crippen LogP contribution in [0.4, 0.5) is 0 Å². The minimum absolute atomic E-state index is 0.140. The number of halogens is 1. The van der Waals surface area contributed by atoms with E-state index in [4.69, 9.17) is 16.3 Å². The number of rotatable bonds is 6. The summed E-state index contributed by atoms with van der Waals surface area (Å²) in [4.78, 5) is 11.8. The lowest BCUT2D eigenvalue weighted by Gasteiger charge is -2.45. The van der Waals surface area contributed by atoms with Gasteiger partial charge in [0, 0.05) is 24.3 Å². The van der Waals surface area contributed by atoms with Gasteiger partial charge in [0.25, 0.3) is 0 Å². The topological polar surface area (TPSA) is 38.3 Å². The smallest absolute Gasteiger partial charge is 0.220 e. The van der Waals surface area contributed by atoms with Crippen molar-refractivity contribution >= 4 is 17.5 Å². The van der Waals surface area contributed by atoms with Crippen LogP contribution in [0.3, 0.4) is 0 Å². The van der Waals surface area contributed by atoms with Gasteiger partial charge >= 0.3 is 0 Å². The Morgan fingerprint density at radius 2 is 2.22 bits per heavy atom. The molecule has 1 aliphatic heterocycles.